The summed E-state index contributed by atoms with van der Waals surface area (Å²) in [5.74, 6) is -0.347. The zero-order valence-corrected chi connectivity index (χ0v) is 12.3. The van der Waals surface area contributed by atoms with E-state index in [1.165, 1.54) is 0 Å². The van der Waals surface area contributed by atoms with E-state index < -0.39 is 0 Å². The van der Waals surface area contributed by atoms with Gasteiger partial charge in [-0.1, -0.05) is 0 Å². The Labute approximate surface area is 121 Å². The smallest absolute Gasteiger partial charge is 0.338 e. The summed E-state index contributed by atoms with van der Waals surface area (Å²) in [6, 6.07) is 5.06. The van der Waals surface area contributed by atoms with Crippen molar-refractivity contribution in [3.63, 3.8) is 0 Å². The molecule has 20 heavy (non-hydrogen) atoms. The Hall–Kier alpha value is -2.08. The number of anilines is 2. The third-order valence-electron chi connectivity index (χ3n) is 2.66. The lowest BCUT2D eigenvalue weighted by atomic mass is 10.1. The lowest BCUT2D eigenvalue weighted by molar-refractivity contribution is 0.0526. The molecule has 0 spiro atoms. The van der Waals surface area contributed by atoms with Gasteiger partial charge in [-0.15, -0.1) is 11.3 Å². The number of hydrogen-bond acceptors (Lipinski definition) is 6. The van der Waals surface area contributed by atoms with Gasteiger partial charge in [0.15, 0.2) is 0 Å². The molecule has 0 aliphatic rings. The number of thiazole rings is 1. The summed E-state index contributed by atoms with van der Waals surface area (Å²) in [5.41, 5.74) is 7.69. The molecule has 0 unspecified atom stereocenters. The van der Waals surface area contributed by atoms with Crippen LogP contribution in [0.4, 0.5) is 11.4 Å². The summed E-state index contributed by atoms with van der Waals surface area (Å²) in [6.45, 7) is 4.72. The molecule has 1 heterocycles. The van der Waals surface area contributed by atoms with E-state index in [1.807, 2.05) is 13.1 Å². The highest BCUT2D eigenvalue weighted by molar-refractivity contribution is 7.11. The summed E-state index contributed by atoms with van der Waals surface area (Å²) in [5, 5.41) is 4.17. The number of aromatic nitrogens is 1. The van der Waals surface area contributed by atoms with Gasteiger partial charge in [0.05, 0.1) is 30.1 Å². The van der Waals surface area contributed by atoms with Gasteiger partial charge in [-0.25, -0.2) is 9.78 Å². The predicted octanol–water partition coefficient (Wildman–Crippen LogP) is 2.82. The van der Waals surface area contributed by atoms with Crippen LogP contribution in [0.3, 0.4) is 0 Å². The number of esters is 1. The van der Waals surface area contributed by atoms with Gasteiger partial charge in [0.25, 0.3) is 0 Å². The number of nitrogens with zero attached hydrogens (tertiary/aromatic N) is 1. The molecule has 2 rings (SSSR count). The second-order valence-corrected chi connectivity index (χ2v) is 5.56. The minimum Gasteiger partial charge on any atom is -0.462 e. The average molecular weight is 291 g/mol. The molecule has 0 bridgehead atoms. The van der Waals surface area contributed by atoms with Crippen LogP contribution in [-0.2, 0) is 11.3 Å². The van der Waals surface area contributed by atoms with Crippen LogP contribution in [0.1, 0.15) is 27.2 Å². The van der Waals surface area contributed by atoms with Crippen LogP contribution in [-0.4, -0.2) is 17.6 Å². The van der Waals surface area contributed by atoms with Crippen molar-refractivity contribution < 1.29 is 9.53 Å². The molecule has 0 aliphatic heterocycles. The van der Waals surface area contributed by atoms with E-state index in [0.29, 0.717) is 30.1 Å². The van der Waals surface area contributed by atoms with E-state index in [2.05, 4.69) is 10.3 Å². The number of aryl methyl sites for hydroxylation is 1. The maximum absolute atomic E-state index is 11.7. The Balaban J connectivity index is 2.10. The first-order valence-corrected chi connectivity index (χ1v) is 7.13. The quantitative estimate of drug-likeness (QED) is 0.654. The van der Waals surface area contributed by atoms with Crippen molar-refractivity contribution in [2.24, 2.45) is 0 Å². The number of nitrogen functional groups attached to an aromatic ring is 1. The molecule has 0 aliphatic carbocycles. The molecule has 2 aromatic rings. The molecule has 5 nitrogen and oxygen atoms in total. The Morgan fingerprint density at radius 2 is 2.30 bits per heavy atom. The monoisotopic (exact) mass is 291 g/mol. The van der Waals surface area contributed by atoms with E-state index in [-0.39, 0.29) is 5.97 Å². The van der Waals surface area contributed by atoms with Crippen molar-refractivity contribution in [3.05, 3.63) is 39.8 Å². The molecule has 1 aromatic carbocycles. The van der Waals surface area contributed by atoms with Crippen molar-refractivity contribution in [2.75, 3.05) is 17.7 Å². The fourth-order valence-electron chi connectivity index (χ4n) is 1.70. The third-order valence-corrected chi connectivity index (χ3v) is 3.58. The molecule has 1 aromatic heterocycles. The summed E-state index contributed by atoms with van der Waals surface area (Å²) < 4.78 is 4.97. The predicted molar refractivity (Wildman–Crippen MR) is 81.0 cm³/mol. The van der Waals surface area contributed by atoms with Crippen molar-refractivity contribution in [3.8, 4) is 0 Å². The maximum atomic E-state index is 11.7. The first kappa shape index (κ1) is 14.3. The van der Waals surface area contributed by atoms with Crippen LogP contribution in [0.5, 0.6) is 0 Å². The standard InChI is InChI=1S/C14H17N3O2S/c1-3-19-14(18)10-4-5-11(15)12(6-10)16-8-13-17-7-9(2)20-13/h4-7,16H,3,8,15H2,1-2H3. The molecule has 6 heteroatoms. The fourth-order valence-corrected chi connectivity index (χ4v) is 2.43. The highest BCUT2D eigenvalue weighted by atomic mass is 32.1. The van der Waals surface area contributed by atoms with E-state index in [1.54, 1.807) is 36.5 Å². The summed E-state index contributed by atoms with van der Waals surface area (Å²) in [6.07, 6.45) is 1.83. The Bertz CT molecular complexity index is 610. The molecule has 0 atom stereocenters. The zero-order chi connectivity index (χ0) is 14.5. The lowest BCUT2D eigenvalue weighted by Crippen LogP contribution is -2.07. The number of hydrogen-bond donors (Lipinski definition) is 2. The Morgan fingerprint density at radius 3 is 2.95 bits per heavy atom. The van der Waals surface area contributed by atoms with Crippen LogP contribution in [0.15, 0.2) is 24.4 Å². The van der Waals surface area contributed by atoms with E-state index in [0.717, 1.165) is 9.88 Å². The van der Waals surface area contributed by atoms with Crippen LogP contribution >= 0.6 is 11.3 Å². The van der Waals surface area contributed by atoms with Crippen molar-refractivity contribution in [2.45, 2.75) is 20.4 Å². The Kier molecular flexibility index (Phi) is 4.57. The molecule has 0 fully saturated rings. The highest BCUT2D eigenvalue weighted by Gasteiger charge is 2.09. The van der Waals surface area contributed by atoms with Gasteiger partial charge >= 0.3 is 5.97 Å². The van der Waals surface area contributed by atoms with E-state index >= 15 is 0 Å². The normalized spacial score (nSPS) is 10.3. The first-order chi connectivity index (χ1) is 9.60. The van der Waals surface area contributed by atoms with E-state index in [9.17, 15) is 4.79 Å². The second-order valence-electron chi connectivity index (χ2n) is 4.24. The Morgan fingerprint density at radius 1 is 1.50 bits per heavy atom. The SMILES string of the molecule is CCOC(=O)c1ccc(N)c(NCc2ncc(C)s2)c1. The lowest BCUT2D eigenvalue weighted by Gasteiger charge is -2.10. The molecule has 0 saturated carbocycles. The average Bonchev–Trinajstić information content (AvgIpc) is 2.84. The van der Waals surface area contributed by atoms with Crippen LogP contribution in [0, 0.1) is 6.92 Å². The topological polar surface area (TPSA) is 77.2 Å². The van der Waals surface area contributed by atoms with Gasteiger partial charge in [-0.05, 0) is 32.0 Å². The first-order valence-electron chi connectivity index (χ1n) is 6.32. The molecule has 106 valence electrons. The van der Waals surface area contributed by atoms with E-state index in [4.69, 9.17) is 10.5 Å². The fraction of sp³-hybridized carbons (Fsp3) is 0.286. The number of ether oxygens (including phenoxy) is 1. The second kappa shape index (κ2) is 6.38. The molecular formula is C14H17N3O2S. The van der Waals surface area contributed by atoms with Crippen LogP contribution in [0.25, 0.3) is 0 Å². The largest absolute Gasteiger partial charge is 0.462 e. The minimum absolute atomic E-state index is 0.347. The number of carbonyl (C=O) groups is 1. The van der Waals surface area contributed by atoms with Gasteiger partial charge in [-0.3, -0.25) is 0 Å². The number of benzene rings is 1. The summed E-state index contributed by atoms with van der Waals surface area (Å²) in [4.78, 5) is 17.1. The van der Waals surface area contributed by atoms with Gasteiger partial charge in [0, 0.05) is 11.1 Å². The number of carbonyl (C=O) groups excluding carboxylic acids is 1. The number of nitrogens with one attached hydrogen (secondary N) is 1. The van der Waals surface area contributed by atoms with Crippen molar-refractivity contribution in [1.82, 2.24) is 4.98 Å². The van der Waals surface area contributed by atoms with Crippen molar-refractivity contribution in [1.29, 1.82) is 0 Å². The summed E-state index contributed by atoms with van der Waals surface area (Å²) >= 11 is 1.63. The molecule has 0 radical (unpaired) electrons. The molecule has 3 N–H and O–H groups in total. The molecule has 0 amide bonds. The number of rotatable bonds is 5. The van der Waals surface area contributed by atoms with Gasteiger partial charge in [0.2, 0.25) is 0 Å². The maximum Gasteiger partial charge on any atom is 0.338 e. The number of nitrogens with two attached hydrogens (primary N) is 1. The molecular weight excluding hydrogens is 274 g/mol. The third kappa shape index (κ3) is 3.48. The summed E-state index contributed by atoms with van der Waals surface area (Å²) in [7, 11) is 0. The van der Waals surface area contributed by atoms with Gasteiger partial charge in [0.1, 0.15) is 5.01 Å². The van der Waals surface area contributed by atoms with Gasteiger partial charge in [-0.2, -0.15) is 0 Å². The minimum atomic E-state index is -0.347. The van der Waals surface area contributed by atoms with Crippen molar-refractivity contribution >= 4 is 28.7 Å². The molecule has 0 saturated heterocycles. The van der Waals surface area contributed by atoms with Crippen LogP contribution < -0.4 is 11.1 Å². The van der Waals surface area contributed by atoms with Crippen LogP contribution in [0.2, 0.25) is 0 Å². The zero-order valence-electron chi connectivity index (χ0n) is 11.5. The highest BCUT2D eigenvalue weighted by Crippen LogP contribution is 2.22. The van der Waals surface area contributed by atoms with Gasteiger partial charge < -0.3 is 15.8 Å².